The fourth-order valence-electron chi connectivity index (χ4n) is 1.38. The van der Waals surface area contributed by atoms with Crippen molar-refractivity contribution in [1.29, 1.82) is 0 Å². The zero-order valence-corrected chi connectivity index (χ0v) is 11.9. The summed E-state index contributed by atoms with van der Waals surface area (Å²) in [7, 11) is 0. The summed E-state index contributed by atoms with van der Waals surface area (Å²) in [5, 5.41) is 5.02. The van der Waals surface area contributed by atoms with Gasteiger partial charge < -0.3 is 10.6 Å². The number of hydrogen-bond acceptors (Lipinski definition) is 3. The Kier molecular flexibility index (Phi) is 7.00. The number of benzene rings is 1. The van der Waals surface area contributed by atoms with Gasteiger partial charge in [0.2, 0.25) is 11.8 Å². The second-order valence-corrected chi connectivity index (χ2v) is 5.17. The minimum Gasteiger partial charge on any atom is -0.356 e. The normalized spacial score (nSPS) is 10.2. The van der Waals surface area contributed by atoms with Gasteiger partial charge in [-0.2, -0.15) is 11.8 Å². The van der Waals surface area contributed by atoms with E-state index in [1.807, 2.05) is 0 Å². The maximum Gasteiger partial charge on any atom is 0.234 e. The first-order chi connectivity index (χ1) is 9.49. The van der Waals surface area contributed by atoms with Crippen LogP contribution in [0.25, 0.3) is 0 Å². The zero-order chi connectivity index (χ0) is 15.0. The number of nitrogens with one attached hydrogen (secondary N) is 2. The van der Waals surface area contributed by atoms with Gasteiger partial charge in [0.15, 0.2) is 0 Å². The van der Waals surface area contributed by atoms with Gasteiger partial charge in [-0.25, -0.2) is 8.78 Å². The third kappa shape index (κ3) is 6.51. The highest BCUT2D eigenvalue weighted by molar-refractivity contribution is 7.99. The molecule has 1 rings (SSSR count). The molecule has 0 saturated heterocycles. The Balaban J connectivity index is 2.22. The van der Waals surface area contributed by atoms with E-state index in [0.717, 1.165) is 18.6 Å². The quantitative estimate of drug-likeness (QED) is 0.759. The molecular formula is C13H16F2N2O2S. The van der Waals surface area contributed by atoms with Gasteiger partial charge in [-0.3, -0.25) is 9.59 Å². The maximum atomic E-state index is 13.3. The van der Waals surface area contributed by atoms with Crippen LogP contribution >= 0.6 is 11.8 Å². The average molecular weight is 302 g/mol. The highest BCUT2D eigenvalue weighted by Crippen LogP contribution is 2.15. The van der Waals surface area contributed by atoms with Crippen LogP contribution in [0.4, 0.5) is 14.5 Å². The van der Waals surface area contributed by atoms with E-state index in [-0.39, 0.29) is 23.3 Å². The van der Waals surface area contributed by atoms with Crippen molar-refractivity contribution < 1.29 is 18.4 Å². The molecule has 7 heteroatoms. The van der Waals surface area contributed by atoms with Crippen LogP contribution in [0.2, 0.25) is 0 Å². The van der Waals surface area contributed by atoms with Crippen LogP contribution in [0.15, 0.2) is 18.2 Å². The Morgan fingerprint density at radius 3 is 2.70 bits per heavy atom. The minimum absolute atomic E-state index is 0.0322. The molecule has 110 valence electrons. The van der Waals surface area contributed by atoms with Crippen LogP contribution in [0.1, 0.15) is 13.3 Å². The van der Waals surface area contributed by atoms with E-state index in [1.165, 1.54) is 24.8 Å². The molecule has 4 nitrogen and oxygen atoms in total. The van der Waals surface area contributed by atoms with Crippen molar-refractivity contribution in [3.8, 4) is 0 Å². The molecule has 0 aliphatic heterocycles. The molecule has 0 fully saturated rings. The van der Waals surface area contributed by atoms with Crippen molar-refractivity contribution in [1.82, 2.24) is 5.32 Å². The summed E-state index contributed by atoms with van der Waals surface area (Å²) in [4.78, 5) is 22.1. The Morgan fingerprint density at radius 2 is 2.05 bits per heavy atom. The summed E-state index contributed by atoms with van der Waals surface area (Å²) in [5.74, 6) is -1.03. The molecule has 0 aliphatic rings. The minimum atomic E-state index is -0.797. The van der Waals surface area contributed by atoms with E-state index in [9.17, 15) is 18.4 Å². The second kappa shape index (κ2) is 8.52. The van der Waals surface area contributed by atoms with Crippen LogP contribution in [0.5, 0.6) is 0 Å². The Hall–Kier alpha value is -1.63. The van der Waals surface area contributed by atoms with Crippen molar-refractivity contribution in [2.45, 2.75) is 13.3 Å². The average Bonchev–Trinajstić information content (AvgIpc) is 2.36. The SMILES string of the molecule is CC(=O)NCCCSCC(=O)Nc1ccc(F)cc1F. The van der Waals surface area contributed by atoms with E-state index in [4.69, 9.17) is 0 Å². The van der Waals surface area contributed by atoms with Crippen LogP contribution in [-0.2, 0) is 9.59 Å². The van der Waals surface area contributed by atoms with E-state index in [2.05, 4.69) is 10.6 Å². The number of hydrogen-bond donors (Lipinski definition) is 2. The smallest absolute Gasteiger partial charge is 0.234 e. The number of carbonyl (C=O) groups excluding carboxylic acids is 2. The van der Waals surface area contributed by atoms with Gasteiger partial charge in [0.05, 0.1) is 11.4 Å². The summed E-state index contributed by atoms with van der Waals surface area (Å²) >= 11 is 1.38. The fraction of sp³-hybridized carbons (Fsp3) is 0.385. The summed E-state index contributed by atoms with van der Waals surface area (Å²) < 4.78 is 25.9. The molecule has 0 radical (unpaired) electrons. The topological polar surface area (TPSA) is 58.2 Å². The summed E-state index contributed by atoms with van der Waals surface area (Å²) in [6.45, 7) is 2.01. The number of thioether (sulfide) groups is 1. The highest BCUT2D eigenvalue weighted by atomic mass is 32.2. The first kappa shape index (κ1) is 16.4. The predicted molar refractivity (Wildman–Crippen MR) is 75.6 cm³/mol. The Morgan fingerprint density at radius 1 is 1.30 bits per heavy atom. The van der Waals surface area contributed by atoms with Crippen molar-refractivity contribution in [2.24, 2.45) is 0 Å². The molecule has 0 bridgehead atoms. The van der Waals surface area contributed by atoms with E-state index >= 15 is 0 Å². The van der Waals surface area contributed by atoms with Crippen LogP contribution in [0, 0.1) is 11.6 Å². The molecule has 1 aromatic carbocycles. The molecule has 0 unspecified atom stereocenters. The lowest BCUT2D eigenvalue weighted by Gasteiger charge is -2.06. The van der Waals surface area contributed by atoms with Gasteiger partial charge in [0, 0.05) is 19.5 Å². The second-order valence-electron chi connectivity index (χ2n) is 4.06. The number of anilines is 1. The largest absolute Gasteiger partial charge is 0.356 e. The van der Waals surface area contributed by atoms with Crippen LogP contribution < -0.4 is 10.6 Å². The van der Waals surface area contributed by atoms with Crippen molar-refractivity contribution in [2.75, 3.05) is 23.4 Å². The predicted octanol–water partition coefficient (Wildman–Crippen LogP) is 2.16. The fourth-order valence-corrected chi connectivity index (χ4v) is 2.13. The molecule has 0 heterocycles. The summed E-state index contributed by atoms with van der Waals surface area (Å²) in [5.41, 5.74) is -0.0322. The standard InChI is InChI=1S/C13H16F2N2O2S/c1-9(18)16-5-2-6-20-8-13(19)17-12-4-3-10(14)7-11(12)15/h3-4,7H,2,5-6,8H2,1H3,(H,16,18)(H,17,19). The summed E-state index contributed by atoms with van der Waals surface area (Å²) in [6.07, 6.45) is 0.752. The number of amides is 2. The van der Waals surface area contributed by atoms with Crippen molar-refractivity contribution >= 4 is 29.3 Å². The van der Waals surface area contributed by atoms with Crippen molar-refractivity contribution in [3.05, 3.63) is 29.8 Å². The van der Waals surface area contributed by atoms with E-state index < -0.39 is 11.6 Å². The third-order valence-electron chi connectivity index (χ3n) is 2.28. The third-order valence-corrected chi connectivity index (χ3v) is 3.32. The lowest BCUT2D eigenvalue weighted by molar-refractivity contribution is -0.119. The maximum absolute atomic E-state index is 13.3. The summed E-state index contributed by atoms with van der Waals surface area (Å²) in [6, 6.07) is 2.99. The molecule has 0 aromatic heterocycles. The molecule has 0 saturated carbocycles. The molecule has 2 N–H and O–H groups in total. The molecule has 0 aliphatic carbocycles. The van der Waals surface area contributed by atoms with Gasteiger partial charge in [-0.15, -0.1) is 0 Å². The molecule has 2 amide bonds. The van der Waals surface area contributed by atoms with Gasteiger partial charge in [0.25, 0.3) is 0 Å². The molecule has 0 atom stereocenters. The Labute approximate surface area is 120 Å². The lowest BCUT2D eigenvalue weighted by Crippen LogP contribution is -2.21. The van der Waals surface area contributed by atoms with E-state index in [0.29, 0.717) is 12.3 Å². The number of halogens is 2. The first-order valence-corrected chi connectivity index (χ1v) is 7.21. The molecular weight excluding hydrogens is 286 g/mol. The highest BCUT2D eigenvalue weighted by Gasteiger charge is 2.07. The van der Waals surface area contributed by atoms with Gasteiger partial charge in [0.1, 0.15) is 11.6 Å². The van der Waals surface area contributed by atoms with E-state index in [1.54, 1.807) is 0 Å². The van der Waals surface area contributed by atoms with Crippen molar-refractivity contribution in [3.63, 3.8) is 0 Å². The first-order valence-electron chi connectivity index (χ1n) is 6.06. The Bertz CT molecular complexity index is 483. The molecule has 20 heavy (non-hydrogen) atoms. The zero-order valence-electron chi connectivity index (χ0n) is 11.0. The number of carbonyl (C=O) groups is 2. The molecule has 0 spiro atoms. The van der Waals surface area contributed by atoms with Crippen LogP contribution in [0.3, 0.4) is 0 Å². The van der Waals surface area contributed by atoms with Gasteiger partial charge in [-0.1, -0.05) is 0 Å². The molecule has 1 aromatic rings. The number of rotatable bonds is 7. The van der Waals surface area contributed by atoms with Gasteiger partial charge in [-0.05, 0) is 24.3 Å². The van der Waals surface area contributed by atoms with Gasteiger partial charge >= 0.3 is 0 Å². The lowest BCUT2D eigenvalue weighted by atomic mass is 10.3. The van der Waals surface area contributed by atoms with Crippen LogP contribution in [-0.4, -0.2) is 29.9 Å². The monoisotopic (exact) mass is 302 g/mol.